The summed E-state index contributed by atoms with van der Waals surface area (Å²) < 4.78 is 35.0. The largest absolute Gasteiger partial charge is 0.483 e. The van der Waals surface area contributed by atoms with E-state index in [0.717, 1.165) is 43.2 Å². The lowest BCUT2D eigenvalue weighted by atomic mass is 9.90. The first-order valence-electron chi connectivity index (χ1n) is 9.46. The van der Waals surface area contributed by atoms with E-state index in [-0.39, 0.29) is 12.5 Å². The molecule has 1 aromatic rings. The molecule has 0 unspecified atom stereocenters. The third kappa shape index (κ3) is 6.75. The molecule has 2 fully saturated rings. The monoisotopic (exact) mass is 434 g/mol. The zero-order valence-electron chi connectivity index (χ0n) is 16.4. The molecule has 11 heteroatoms. The molecule has 2 aliphatic heterocycles. The molecule has 0 radical (unpaired) electrons. The quantitative estimate of drug-likeness (QED) is 0.640. The summed E-state index contributed by atoms with van der Waals surface area (Å²) in [6, 6.07) is 0.00580. The van der Waals surface area contributed by atoms with Gasteiger partial charge in [0.25, 0.3) is 16.7 Å². The lowest BCUT2D eigenvalue weighted by Gasteiger charge is -2.39. The van der Waals surface area contributed by atoms with Gasteiger partial charge in [-0.3, -0.25) is 9.69 Å². The maximum atomic E-state index is 12.6. The van der Waals surface area contributed by atoms with Crippen LogP contribution in [0.25, 0.3) is 0 Å². The summed E-state index contributed by atoms with van der Waals surface area (Å²) in [6.07, 6.45) is 1.80. The molecule has 0 bridgehead atoms. The number of hydrogen-bond donors (Lipinski definition) is 2. The van der Waals surface area contributed by atoms with Crippen molar-refractivity contribution in [3.8, 4) is 0 Å². The van der Waals surface area contributed by atoms with Crippen LogP contribution in [0.5, 0.6) is 0 Å². The van der Waals surface area contributed by atoms with Gasteiger partial charge < -0.3 is 9.84 Å². The number of likely N-dealkylation sites (tertiary alicyclic amines) is 1. The zero-order valence-corrected chi connectivity index (χ0v) is 18.0. The Kier molecular flexibility index (Phi) is 9.25. The van der Waals surface area contributed by atoms with Crippen molar-refractivity contribution in [3.63, 3.8) is 0 Å². The van der Waals surface area contributed by atoms with Crippen molar-refractivity contribution in [2.45, 2.75) is 39.3 Å². The number of nitrogens with one attached hydrogen (secondary N) is 1. The number of hydrogen-bond acceptors (Lipinski definition) is 7. The van der Waals surface area contributed by atoms with E-state index in [0.29, 0.717) is 32.2 Å². The van der Waals surface area contributed by atoms with Crippen LogP contribution in [0.1, 0.15) is 30.5 Å². The average molecular weight is 435 g/mol. The predicted molar refractivity (Wildman–Crippen MR) is 107 cm³/mol. The number of piperidine rings is 1. The highest BCUT2D eigenvalue weighted by Gasteiger charge is 2.34. The number of ether oxygens (including phenoxy) is 1. The number of morpholine rings is 1. The molecule has 160 valence electrons. The molecule has 0 aromatic carbocycles. The summed E-state index contributed by atoms with van der Waals surface area (Å²) in [5.74, 6) is 0.323. The van der Waals surface area contributed by atoms with Crippen LogP contribution in [0, 0.1) is 12.8 Å². The lowest BCUT2D eigenvalue weighted by Crippen LogP contribution is -2.55. The Morgan fingerprint density at radius 3 is 2.64 bits per heavy atom. The van der Waals surface area contributed by atoms with Gasteiger partial charge in [0.1, 0.15) is 0 Å². The molecule has 9 nitrogen and oxygen atoms in total. The molecular weight excluding hydrogens is 404 g/mol. The molecule has 2 atom stereocenters. The van der Waals surface area contributed by atoms with E-state index in [2.05, 4.69) is 26.9 Å². The van der Waals surface area contributed by atoms with Crippen molar-refractivity contribution in [1.29, 1.82) is 0 Å². The molecule has 28 heavy (non-hydrogen) atoms. The van der Waals surface area contributed by atoms with Gasteiger partial charge in [-0.15, -0.1) is 11.3 Å². The molecule has 1 aromatic heterocycles. The minimum Gasteiger partial charge on any atom is -0.483 e. The maximum absolute atomic E-state index is 12.6. The lowest BCUT2D eigenvalue weighted by molar-refractivity contribution is -0.122. The highest BCUT2D eigenvalue weighted by atomic mass is 32.2. The van der Waals surface area contributed by atoms with Gasteiger partial charge in [0.2, 0.25) is 0 Å². The Labute approximate surface area is 170 Å². The van der Waals surface area contributed by atoms with E-state index in [1.807, 2.05) is 6.92 Å². The number of carboxylic acid groups (broad SMARTS) is 1. The molecule has 3 rings (SSSR count). The summed E-state index contributed by atoms with van der Waals surface area (Å²) in [5, 5.41) is 10.1. The van der Waals surface area contributed by atoms with Crippen molar-refractivity contribution in [1.82, 2.24) is 18.9 Å². The van der Waals surface area contributed by atoms with Crippen LogP contribution in [-0.4, -0.2) is 79.6 Å². The fourth-order valence-electron chi connectivity index (χ4n) is 3.58. The first-order valence-corrected chi connectivity index (χ1v) is 11.8. The summed E-state index contributed by atoms with van der Waals surface area (Å²) in [4.78, 5) is 15.3. The highest BCUT2D eigenvalue weighted by molar-refractivity contribution is 7.87. The Balaban J connectivity index is 0.000000878. The number of nitrogens with zero attached hydrogens (tertiary/aromatic N) is 3. The molecule has 0 saturated carbocycles. The molecule has 2 saturated heterocycles. The number of aromatic nitrogens is 1. The van der Waals surface area contributed by atoms with Crippen molar-refractivity contribution >= 4 is 28.0 Å². The molecule has 0 amide bonds. The Morgan fingerprint density at radius 1 is 1.39 bits per heavy atom. The zero-order chi connectivity index (χ0) is 20.6. The second-order valence-electron chi connectivity index (χ2n) is 6.90. The minimum atomic E-state index is -3.42. The number of thiazole rings is 1. The normalized spacial score (nSPS) is 24.4. The van der Waals surface area contributed by atoms with Crippen LogP contribution in [0.4, 0.5) is 0 Å². The fourth-order valence-corrected chi connectivity index (χ4v) is 5.66. The summed E-state index contributed by atoms with van der Waals surface area (Å²) in [6.45, 7) is 8.39. The van der Waals surface area contributed by atoms with Crippen molar-refractivity contribution in [2.24, 2.45) is 5.92 Å². The first kappa shape index (κ1) is 23.2. The van der Waals surface area contributed by atoms with Gasteiger partial charge in [-0.25, -0.2) is 4.98 Å². The van der Waals surface area contributed by atoms with Crippen molar-refractivity contribution in [3.05, 3.63) is 16.1 Å². The molecule has 0 aliphatic carbocycles. The van der Waals surface area contributed by atoms with Gasteiger partial charge in [0.15, 0.2) is 0 Å². The second kappa shape index (κ2) is 11.2. The summed E-state index contributed by atoms with van der Waals surface area (Å²) >= 11 is 1.68. The average Bonchev–Trinajstić information content (AvgIpc) is 3.09. The van der Waals surface area contributed by atoms with Crippen LogP contribution in [0.3, 0.4) is 0 Å². The Morgan fingerprint density at radius 2 is 2.07 bits per heavy atom. The third-order valence-electron chi connectivity index (χ3n) is 5.00. The van der Waals surface area contributed by atoms with Crippen molar-refractivity contribution in [2.75, 3.05) is 39.4 Å². The molecule has 0 spiro atoms. The predicted octanol–water partition coefficient (Wildman–Crippen LogP) is 0.919. The number of aryl methyl sites for hydroxylation is 1. The van der Waals surface area contributed by atoms with Crippen LogP contribution in [0.2, 0.25) is 0 Å². The molecular formula is C17H30N4O5S2. The van der Waals surface area contributed by atoms with E-state index in [9.17, 15) is 8.42 Å². The van der Waals surface area contributed by atoms with E-state index in [1.54, 1.807) is 11.3 Å². The van der Waals surface area contributed by atoms with Crippen LogP contribution in [-0.2, 0) is 26.3 Å². The van der Waals surface area contributed by atoms with Gasteiger partial charge in [-0.2, -0.15) is 17.4 Å². The minimum absolute atomic E-state index is 0.00580. The Bertz CT molecular complexity index is 706. The highest BCUT2D eigenvalue weighted by Crippen LogP contribution is 2.23. The standard InChI is InChI=1S/C16H28N4O3S2.CH2O2/c1-3-14-10-19(11-15-12-24-13(2)17-15)5-4-16(14)18-25(21,22)20-6-8-23-9-7-20;2-1-3/h12,14,16,18H,3-11H2,1-2H3;1H,(H,2,3)/t14-,16+;/m1./s1. The van der Waals surface area contributed by atoms with E-state index in [1.165, 1.54) is 4.31 Å². The maximum Gasteiger partial charge on any atom is 0.290 e. The van der Waals surface area contributed by atoms with Gasteiger partial charge in [0, 0.05) is 44.1 Å². The van der Waals surface area contributed by atoms with Gasteiger partial charge in [-0.1, -0.05) is 13.3 Å². The topological polar surface area (TPSA) is 112 Å². The molecule has 2 aliphatic rings. The van der Waals surface area contributed by atoms with Crippen molar-refractivity contribution < 1.29 is 23.1 Å². The van der Waals surface area contributed by atoms with Gasteiger partial charge in [0.05, 0.1) is 23.9 Å². The molecule has 2 N–H and O–H groups in total. The fraction of sp³-hybridized carbons (Fsp3) is 0.765. The number of carbonyl (C=O) groups is 1. The third-order valence-corrected chi connectivity index (χ3v) is 7.47. The van der Waals surface area contributed by atoms with E-state index < -0.39 is 10.2 Å². The van der Waals surface area contributed by atoms with E-state index in [4.69, 9.17) is 14.6 Å². The van der Waals surface area contributed by atoms with Crippen LogP contribution < -0.4 is 4.72 Å². The second-order valence-corrected chi connectivity index (χ2v) is 9.66. The smallest absolute Gasteiger partial charge is 0.290 e. The molecule has 3 heterocycles. The number of rotatable bonds is 6. The Hall–Kier alpha value is -1.11. The van der Waals surface area contributed by atoms with Gasteiger partial charge >= 0.3 is 0 Å². The van der Waals surface area contributed by atoms with Crippen LogP contribution >= 0.6 is 11.3 Å². The summed E-state index contributed by atoms with van der Waals surface area (Å²) in [5.41, 5.74) is 1.12. The summed E-state index contributed by atoms with van der Waals surface area (Å²) in [7, 11) is -3.42. The SMILES string of the molecule is CC[C@@H]1CN(Cc2csc(C)n2)CC[C@@H]1NS(=O)(=O)N1CCOCC1.O=CO. The van der Waals surface area contributed by atoms with Crippen LogP contribution in [0.15, 0.2) is 5.38 Å². The van der Waals surface area contributed by atoms with E-state index >= 15 is 0 Å². The first-order chi connectivity index (χ1) is 13.4. The van der Waals surface area contributed by atoms with Gasteiger partial charge in [-0.05, 0) is 19.3 Å².